The summed E-state index contributed by atoms with van der Waals surface area (Å²) >= 11 is 0. The molecule has 20 heavy (non-hydrogen) atoms. The highest BCUT2D eigenvalue weighted by molar-refractivity contribution is 5.68. The van der Waals surface area contributed by atoms with Crippen molar-refractivity contribution in [3.05, 3.63) is 42.2 Å². The lowest BCUT2D eigenvalue weighted by Crippen LogP contribution is -2.26. The standard InChI is InChI=1S/C15H19N5/c1-11(9-16)19-14-8-15(18-10-17-14)20-7-6-12-4-2-3-5-13(12)20/h2-5,8,10-11H,6-7,9,16H2,1H3,(H,17,18,19). The number of nitrogens with zero attached hydrogens (tertiary/aromatic N) is 3. The van der Waals surface area contributed by atoms with Gasteiger partial charge in [0.2, 0.25) is 0 Å². The molecule has 0 fully saturated rings. The summed E-state index contributed by atoms with van der Waals surface area (Å²) in [5.74, 6) is 1.74. The molecule has 1 aliphatic rings. The third kappa shape index (κ3) is 2.44. The third-order valence-corrected chi connectivity index (χ3v) is 3.56. The van der Waals surface area contributed by atoms with E-state index < -0.39 is 0 Å². The Labute approximate surface area is 118 Å². The molecule has 0 saturated carbocycles. The quantitative estimate of drug-likeness (QED) is 0.887. The van der Waals surface area contributed by atoms with E-state index in [4.69, 9.17) is 5.73 Å². The van der Waals surface area contributed by atoms with Gasteiger partial charge >= 0.3 is 0 Å². The van der Waals surface area contributed by atoms with Gasteiger partial charge in [-0.15, -0.1) is 0 Å². The molecule has 1 unspecified atom stereocenters. The molecular weight excluding hydrogens is 250 g/mol. The van der Waals surface area contributed by atoms with E-state index >= 15 is 0 Å². The van der Waals surface area contributed by atoms with Crippen LogP contribution in [0.3, 0.4) is 0 Å². The van der Waals surface area contributed by atoms with Crippen LogP contribution in [0.25, 0.3) is 0 Å². The molecule has 1 aromatic carbocycles. The van der Waals surface area contributed by atoms with Gasteiger partial charge < -0.3 is 16.0 Å². The maximum atomic E-state index is 5.63. The van der Waals surface area contributed by atoms with Crippen molar-refractivity contribution in [2.75, 3.05) is 23.3 Å². The number of nitrogens with one attached hydrogen (secondary N) is 1. The average molecular weight is 269 g/mol. The molecule has 104 valence electrons. The van der Waals surface area contributed by atoms with Gasteiger partial charge in [-0.3, -0.25) is 0 Å². The topological polar surface area (TPSA) is 67.1 Å². The number of benzene rings is 1. The van der Waals surface area contributed by atoms with Crippen LogP contribution >= 0.6 is 0 Å². The molecular formula is C15H19N5. The Morgan fingerprint density at radius 1 is 1.35 bits per heavy atom. The molecule has 0 amide bonds. The average Bonchev–Trinajstić information content (AvgIpc) is 2.91. The van der Waals surface area contributed by atoms with Crippen LogP contribution in [0.2, 0.25) is 0 Å². The lowest BCUT2D eigenvalue weighted by molar-refractivity contribution is 0.796. The molecule has 1 aliphatic heterocycles. The number of nitrogens with two attached hydrogens (primary N) is 1. The summed E-state index contributed by atoms with van der Waals surface area (Å²) in [6, 6.07) is 10.6. The number of aromatic nitrogens is 2. The van der Waals surface area contributed by atoms with Gasteiger partial charge in [-0.05, 0) is 25.0 Å². The van der Waals surface area contributed by atoms with Gasteiger partial charge in [-0.25, -0.2) is 9.97 Å². The van der Waals surface area contributed by atoms with Gasteiger partial charge in [0.1, 0.15) is 18.0 Å². The Hall–Kier alpha value is -2.14. The van der Waals surface area contributed by atoms with E-state index in [1.165, 1.54) is 11.3 Å². The van der Waals surface area contributed by atoms with Crippen LogP contribution in [0.15, 0.2) is 36.7 Å². The second-order valence-electron chi connectivity index (χ2n) is 5.07. The molecule has 5 nitrogen and oxygen atoms in total. The van der Waals surface area contributed by atoms with Crippen molar-refractivity contribution in [1.29, 1.82) is 0 Å². The van der Waals surface area contributed by atoms with Crippen molar-refractivity contribution >= 4 is 17.3 Å². The number of fused-ring (bicyclic) bond motifs is 1. The summed E-state index contributed by atoms with van der Waals surface area (Å²) in [6.45, 7) is 3.57. The van der Waals surface area contributed by atoms with E-state index in [2.05, 4.69) is 44.5 Å². The zero-order valence-corrected chi connectivity index (χ0v) is 11.6. The van der Waals surface area contributed by atoms with Crippen molar-refractivity contribution < 1.29 is 0 Å². The molecule has 0 spiro atoms. The number of anilines is 3. The molecule has 2 aromatic rings. The van der Waals surface area contributed by atoms with E-state index in [1.54, 1.807) is 6.33 Å². The van der Waals surface area contributed by atoms with E-state index in [0.717, 1.165) is 24.6 Å². The Morgan fingerprint density at radius 2 is 2.20 bits per heavy atom. The van der Waals surface area contributed by atoms with E-state index in [0.29, 0.717) is 6.54 Å². The smallest absolute Gasteiger partial charge is 0.138 e. The Balaban J connectivity index is 1.87. The fourth-order valence-electron chi connectivity index (χ4n) is 2.46. The number of para-hydroxylation sites is 1. The molecule has 0 aliphatic carbocycles. The normalized spacial score (nSPS) is 15.0. The monoisotopic (exact) mass is 269 g/mol. The van der Waals surface area contributed by atoms with Gasteiger partial charge in [0, 0.05) is 30.9 Å². The fraction of sp³-hybridized carbons (Fsp3) is 0.333. The summed E-state index contributed by atoms with van der Waals surface area (Å²) in [7, 11) is 0. The van der Waals surface area contributed by atoms with Crippen LogP contribution in [0.5, 0.6) is 0 Å². The molecule has 0 saturated heterocycles. The molecule has 1 aromatic heterocycles. The maximum absolute atomic E-state index is 5.63. The lowest BCUT2D eigenvalue weighted by atomic mass is 10.2. The molecule has 3 rings (SSSR count). The van der Waals surface area contributed by atoms with Gasteiger partial charge in [-0.1, -0.05) is 18.2 Å². The zero-order chi connectivity index (χ0) is 13.9. The summed E-state index contributed by atoms with van der Waals surface area (Å²) in [6.07, 6.45) is 2.66. The van der Waals surface area contributed by atoms with Crippen LogP contribution in [-0.4, -0.2) is 29.1 Å². The maximum Gasteiger partial charge on any atom is 0.138 e. The van der Waals surface area contributed by atoms with E-state index in [-0.39, 0.29) is 6.04 Å². The Morgan fingerprint density at radius 3 is 3.05 bits per heavy atom. The first kappa shape index (κ1) is 12.9. The minimum Gasteiger partial charge on any atom is -0.366 e. The SMILES string of the molecule is CC(CN)Nc1cc(N2CCc3ccccc32)ncn1. The predicted octanol–water partition coefficient (Wildman–Crippen LogP) is 1.93. The van der Waals surface area contributed by atoms with Crippen molar-refractivity contribution in [3.63, 3.8) is 0 Å². The largest absolute Gasteiger partial charge is 0.366 e. The van der Waals surface area contributed by atoms with Crippen molar-refractivity contribution in [2.24, 2.45) is 5.73 Å². The fourth-order valence-corrected chi connectivity index (χ4v) is 2.46. The predicted molar refractivity (Wildman–Crippen MR) is 81.3 cm³/mol. The van der Waals surface area contributed by atoms with E-state index in [1.807, 2.05) is 13.0 Å². The van der Waals surface area contributed by atoms with Crippen molar-refractivity contribution in [2.45, 2.75) is 19.4 Å². The van der Waals surface area contributed by atoms with Crippen LogP contribution in [-0.2, 0) is 6.42 Å². The highest BCUT2D eigenvalue weighted by Gasteiger charge is 2.21. The van der Waals surface area contributed by atoms with Crippen LogP contribution in [0.4, 0.5) is 17.3 Å². The first-order valence-electron chi connectivity index (χ1n) is 6.92. The zero-order valence-electron chi connectivity index (χ0n) is 11.6. The molecule has 3 N–H and O–H groups in total. The third-order valence-electron chi connectivity index (χ3n) is 3.56. The highest BCUT2D eigenvalue weighted by atomic mass is 15.2. The lowest BCUT2D eigenvalue weighted by Gasteiger charge is -2.19. The van der Waals surface area contributed by atoms with Crippen molar-refractivity contribution in [1.82, 2.24) is 9.97 Å². The van der Waals surface area contributed by atoms with Crippen LogP contribution < -0.4 is 16.0 Å². The molecule has 0 bridgehead atoms. The number of hydrogen-bond donors (Lipinski definition) is 2. The molecule has 2 heterocycles. The number of hydrogen-bond acceptors (Lipinski definition) is 5. The second-order valence-corrected chi connectivity index (χ2v) is 5.07. The summed E-state index contributed by atoms with van der Waals surface area (Å²) in [5, 5.41) is 3.28. The van der Waals surface area contributed by atoms with Gasteiger partial charge in [0.25, 0.3) is 0 Å². The first-order chi connectivity index (χ1) is 9.78. The van der Waals surface area contributed by atoms with Crippen LogP contribution in [0, 0.1) is 0 Å². The van der Waals surface area contributed by atoms with Gasteiger partial charge in [0.05, 0.1) is 0 Å². The van der Waals surface area contributed by atoms with E-state index in [9.17, 15) is 0 Å². The summed E-state index contributed by atoms with van der Waals surface area (Å²) in [4.78, 5) is 10.9. The molecule has 0 radical (unpaired) electrons. The summed E-state index contributed by atoms with van der Waals surface area (Å²) in [5.41, 5.74) is 8.24. The Kier molecular flexibility index (Phi) is 3.52. The van der Waals surface area contributed by atoms with Gasteiger partial charge in [0.15, 0.2) is 0 Å². The molecule has 1 atom stereocenters. The minimum atomic E-state index is 0.198. The minimum absolute atomic E-state index is 0.198. The van der Waals surface area contributed by atoms with Crippen molar-refractivity contribution in [3.8, 4) is 0 Å². The van der Waals surface area contributed by atoms with Gasteiger partial charge in [-0.2, -0.15) is 0 Å². The molecule has 5 heteroatoms. The highest BCUT2D eigenvalue weighted by Crippen LogP contribution is 2.33. The Bertz CT molecular complexity index is 598. The van der Waals surface area contributed by atoms with Crippen LogP contribution in [0.1, 0.15) is 12.5 Å². The first-order valence-corrected chi connectivity index (χ1v) is 6.92. The number of rotatable bonds is 4. The summed E-state index contributed by atoms with van der Waals surface area (Å²) < 4.78 is 0. The second kappa shape index (κ2) is 5.46.